The highest BCUT2D eigenvalue weighted by atomic mass is 32.2. The molecule has 4 aromatic carbocycles. The van der Waals surface area contributed by atoms with Crippen LogP contribution < -0.4 is 9.47 Å². The van der Waals surface area contributed by atoms with Gasteiger partial charge in [0.15, 0.2) is 0 Å². The fourth-order valence-electron chi connectivity index (χ4n) is 4.19. The Morgan fingerprint density at radius 1 is 0.610 bits per heavy atom. The summed E-state index contributed by atoms with van der Waals surface area (Å²) < 4.78 is 104. The van der Waals surface area contributed by atoms with Gasteiger partial charge in [-0.15, -0.1) is 0 Å². The highest BCUT2D eigenvalue weighted by Gasteiger charge is 2.28. The minimum Gasteiger partial charge on any atom is -0.495 e. The molecule has 0 heterocycles. The van der Waals surface area contributed by atoms with Crippen molar-refractivity contribution in [1.82, 2.24) is 0 Å². The van der Waals surface area contributed by atoms with Gasteiger partial charge in [-0.2, -0.15) is 16.8 Å². The summed E-state index contributed by atoms with van der Waals surface area (Å²) >= 11 is 0. The minimum absolute atomic E-state index is 0.228. The van der Waals surface area contributed by atoms with E-state index >= 15 is 0 Å². The van der Waals surface area contributed by atoms with Crippen molar-refractivity contribution in [2.24, 2.45) is 0 Å². The number of methoxy groups -OCH3 is 1. The van der Waals surface area contributed by atoms with Gasteiger partial charge >= 0.3 is 0 Å². The van der Waals surface area contributed by atoms with Gasteiger partial charge in [0, 0.05) is 5.41 Å². The summed E-state index contributed by atoms with van der Waals surface area (Å²) in [5, 5.41) is 0. The molecule has 0 aromatic heterocycles. The molecule has 0 unspecified atom stereocenters. The first kappa shape index (κ1) is 30.2. The Morgan fingerprint density at radius 3 is 1.56 bits per heavy atom. The Hall–Kier alpha value is -3.75. The summed E-state index contributed by atoms with van der Waals surface area (Å²) in [5.74, 6) is -0.409. The molecule has 4 rings (SSSR count). The summed E-state index contributed by atoms with van der Waals surface area (Å²) in [7, 11) is -13.2. The van der Waals surface area contributed by atoms with E-state index in [0.717, 1.165) is 42.5 Å². The van der Waals surface area contributed by atoms with Gasteiger partial charge in [0.25, 0.3) is 20.2 Å². The van der Waals surface area contributed by atoms with Crippen molar-refractivity contribution in [3.05, 3.63) is 102 Å². The average molecular weight is 619 g/mol. The topological polar surface area (TPSA) is 161 Å². The monoisotopic (exact) mass is 618 g/mol. The standard InChI is InChI=1S/C28H26O10S3/c1-28(2,19-7-5-4-6-8-19)20-9-11-21(12-10-20)38-25-16-14-23(18-27(25)41(34,35)36)39(29,30)22-13-15-24(37-3)26(17-22)40(31,32)33/h4-18H,1-3H3,(H,31,32,33)(H,34,35,36). The van der Waals surface area contributed by atoms with Crippen LogP contribution in [0.3, 0.4) is 0 Å². The second-order valence-corrected chi connectivity index (χ2v) is 14.2. The van der Waals surface area contributed by atoms with E-state index in [1.165, 1.54) is 0 Å². The van der Waals surface area contributed by atoms with Crippen LogP contribution >= 0.6 is 0 Å². The van der Waals surface area contributed by atoms with Crippen molar-refractivity contribution >= 4 is 30.1 Å². The maximum absolute atomic E-state index is 13.3. The number of hydrogen-bond acceptors (Lipinski definition) is 8. The Morgan fingerprint density at radius 2 is 1.07 bits per heavy atom. The van der Waals surface area contributed by atoms with Gasteiger partial charge in [-0.05, 0) is 59.7 Å². The second-order valence-electron chi connectivity index (χ2n) is 9.49. The van der Waals surface area contributed by atoms with E-state index in [0.29, 0.717) is 12.1 Å². The molecule has 0 fully saturated rings. The van der Waals surface area contributed by atoms with Crippen LogP contribution in [0.15, 0.2) is 111 Å². The molecule has 216 valence electrons. The van der Waals surface area contributed by atoms with Crippen LogP contribution in [-0.4, -0.2) is 41.5 Å². The number of hydrogen-bond donors (Lipinski definition) is 2. The Labute approximate surface area is 238 Å². The van der Waals surface area contributed by atoms with Crippen LogP contribution in [0.4, 0.5) is 0 Å². The molecular weight excluding hydrogens is 592 g/mol. The van der Waals surface area contributed by atoms with Crippen molar-refractivity contribution < 1.29 is 43.8 Å². The molecule has 0 amide bonds. The van der Waals surface area contributed by atoms with Crippen LogP contribution in [0.5, 0.6) is 17.2 Å². The van der Waals surface area contributed by atoms with Crippen LogP contribution in [-0.2, 0) is 35.5 Å². The van der Waals surface area contributed by atoms with Crippen molar-refractivity contribution in [3.63, 3.8) is 0 Å². The number of sulfone groups is 1. The summed E-state index contributed by atoms with van der Waals surface area (Å²) in [5.41, 5.74) is 1.70. The van der Waals surface area contributed by atoms with Crippen LogP contribution in [0.2, 0.25) is 0 Å². The molecule has 41 heavy (non-hydrogen) atoms. The SMILES string of the molecule is COc1ccc(S(=O)(=O)c2ccc(Oc3ccc(C(C)(C)c4ccccc4)cc3)c(S(=O)(=O)O)c2)cc1S(=O)(=O)O. The maximum Gasteiger partial charge on any atom is 0.298 e. The summed E-state index contributed by atoms with van der Waals surface area (Å²) in [6.45, 7) is 4.10. The summed E-state index contributed by atoms with van der Waals surface area (Å²) in [4.78, 5) is -2.77. The molecular formula is C28H26O10S3. The first-order valence-electron chi connectivity index (χ1n) is 11.9. The van der Waals surface area contributed by atoms with Crippen molar-refractivity contribution in [3.8, 4) is 17.2 Å². The quantitative estimate of drug-likeness (QED) is 0.240. The second kappa shape index (κ2) is 10.9. The number of rotatable bonds is 9. The smallest absolute Gasteiger partial charge is 0.298 e. The van der Waals surface area contributed by atoms with Gasteiger partial charge in [-0.25, -0.2) is 8.42 Å². The van der Waals surface area contributed by atoms with E-state index in [1.807, 2.05) is 42.5 Å². The van der Waals surface area contributed by atoms with Gasteiger partial charge in [-0.1, -0.05) is 56.3 Å². The maximum atomic E-state index is 13.3. The molecule has 13 heteroatoms. The Balaban J connectivity index is 1.71. The fourth-order valence-corrected chi connectivity index (χ4v) is 6.97. The van der Waals surface area contributed by atoms with Gasteiger partial charge < -0.3 is 9.47 Å². The van der Waals surface area contributed by atoms with Gasteiger partial charge in [0.2, 0.25) is 9.84 Å². The largest absolute Gasteiger partial charge is 0.495 e. The third kappa shape index (κ3) is 6.29. The average Bonchev–Trinajstić information content (AvgIpc) is 2.92. The van der Waals surface area contributed by atoms with E-state index in [-0.39, 0.29) is 22.7 Å². The molecule has 2 N–H and O–H groups in total. The van der Waals surface area contributed by atoms with Crippen LogP contribution in [0.1, 0.15) is 25.0 Å². The number of benzene rings is 4. The zero-order valence-electron chi connectivity index (χ0n) is 22.0. The molecule has 0 atom stereocenters. The van der Waals surface area contributed by atoms with E-state index in [2.05, 4.69) is 13.8 Å². The third-order valence-corrected chi connectivity index (χ3v) is 10.0. The van der Waals surface area contributed by atoms with Gasteiger partial charge in [-0.3, -0.25) is 9.11 Å². The zero-order valence-corrected chi connectivity index (χ0v) is 24.5. The molecule has 0 saturated heterocycles. The van der Waals surface area contributed by atoms with Crippen LogP contribution in [0.25, 0.3) is 0 Å². The molecule has 0 aliphatic heterocycles. The van der Waals surface area contributed by atoms with Gasteiger partial charge in [0.05, 0.1) is 16.9 Å². The van der Waals surface area contributed by atoms with Gasteiger partial charge in [0.1, 0.15) is 27.0 Å². The lowest BCUT2D eigenvalue weighted by atomic mass is 9.78. The fraction of sp³-hybridized carbons (Fsp3) is 0.143. The van der Waals surface area contributed by atoms with Crippen molar-refractivity contribution in [1.29, 1.82) is 0 Å². The molecule has 0 aliphatic carbocycles. The normalized spacial score (nSPS) is 12.6. The first-order chi connectivity index (χ1) is 19.0. The van der Waals surface area contributed by atoms with E-state index in [4.69, 9.17) is 9.47 Å². The lowest BCUT2D eigenvalue weighted by Gasteiger charge is -2.26. The molecule has 0 bridgehead atoms. The van der Waals surface area contributed by atoms with Crippen LogP contribution in [0, 0.1) is 0 Å². The molecule has 0 radical (unpaired) electrons. The highest BCUT2D eigenvalue weighted by Crippen LogP contribution is 2.36. The lowest BCUT2D eigenvalue weighted by molar-refractivity contribution is 0.397. The predicted molar refractivity (Wildman–Crippen MR) is 150 cm³/mol. The first-order valence-corrected chi connectivity index (χ1v) is 16.3. The lowest BCUT2D eigenvalue weighted by Crippen LogP contribution is -2.18. The summed E-state index contributed by atoms with van der Waals surface area (Å²) in [6, 6.07) is 22.2. The molecule has 10 nitrogen and oxygen atoms in total. The molecule has 0 aliphatic rings. The molecule has 4 aromatic rings. The molecule has 0 saturated carbocycles. The molecule has 0 spiro atoms. The Kier molecular flexibility index (Phi) is 8.04. The van der Waals surface area contributed by atoms with Crippen molar-refractivity contribution in [2.75, 3.05) is 7.11 Å². The van der Waals surface area contributed by atoms with E-state index in [1.54, 1.807) is 12.1 Å². The van der Waals surface area contributed by atoms with E-state index in [9.17, 15) is 34.4 Å². The Bertz CT molecular complexity index is 1920. The third-order valence-electron chi connectivity index (χ3n) is 6.53. The zero-order chi connectivity index (χ0) is 30.2. The highest BCUT2D eigenvalue weighted by molar-refractivity contribution is 7.91. The minimum atomic E-state index is -4.97. The summed E-state index contributed by atoms with van der Waals surface area (Å²) in [6.07, 6.45) is 0. The predicted octanol–water partition coefficient (Wildman–Crippen LogP) is 5.14. The number of ether oxygens (including phenoxy) is 2. The van der Waals surface area contributed by atoms with Crippen molar-refractivity contribution in [2.45, 2.75) is 38.8 Å². The van der Waals surface area contributed by atoms with E-state index < -0.39 is 49.7 Å².